The summed E-state index contributed by atoms with van der Waals surface area (Å²) in [4.78, 5) is 36.8. The molecule has 182 valence electrons. The molecule has 1 aromatic carbocycles. The van der Waals surface area contributed by atoms with Crippen LogP contribution in [0.5, 0.6) is 0 Å². The Morgan fingerprint density at radius 1 is 1.09 bits per heavy atom. The number of nitrogens with zero attached hydrogens (tertiary/aromatic N) is 3. The zero-order valence-corrected chi connectivity index (χ0v) is 20.5. The fourth-order valence-electron chi connectivity index (χ4n) is 5.87. The lowest BCUT2D eigenvalue weighted by Crippen LogP contribution is -2.54. The number of carbonyl (C=O) groups is 2. The summed E-state index contributed by atoms with van der Waals surface area (Å²) in [6.07, 6.45) is 5.12. The smallest absolute Gasteiger partial charge is 0.325 e. The summed E-state index contributed by atoms with van der Waals surface area (Å²) in [6.45, 7) is 3.67. The van der Waals surface area contributed by atoms with E-state index < -0.39 is 5.54 Å². The molecule has 3 saturated heterocycles. The van der Waals surface area contributed by atoms with Crippen LogP contribution in [-0.4, -0.2) is 59.1 Å². The Morgan fingerprint density at radius 3 is 2.66 bits per heavy atom. The summed E-state index contributed by atoms with van der Waals surface area (Å²) >= 11 is 1.85. The molecule has 2 atom stereocenters. The van der Waals surface area contributed by atoms with Gasteiger partial charge in [0.15, 0.2) is 5.54 Å². The lowest BCUT2D eigenvalue weighted by molar-refractivity contribution is -0.135. The normalized spacial score (nSPS) is 26.1. The predicted molar refractivity (Wildman–Crippen MR) is 135 cm³/mol. The number of benzene rings is 1. The molecule has 7 nitrogen and oxygen atoms in total. The highest BCUT2D eigenvalue weighted by atomic mass is 32.1. The van der Waals surface area contributed by atoms with Gasteiger partial charge in [-0.1, -0.05) is 24.3 Å². The number of thiophene rings is 1. The first-order chi connectivity index (χ1) is 17.1. The van der Waals surface area contributed by atoms with Crippen molar-refractivity contribution in [3.8, 4) is 0 Å². The maximum Gasteiger partial charge on any atom is 0.325 e. The number of carbonyl (C=O) groups excluding carboxylic acids is 2. The first-order valence-corrected chi connectivity index (χ1v) is 13.3. The molecular weight excluding hydrogens is 460 g/mol. The number of ether oxygens (including phenoxy) is 1. The van der Waals surface area contributed by atoms with E-state index >= 15 is 0 Å². The number of pyridine rings is 1. The lowest BCUT2D eigenvalue weighted by atomic mass is 9.75. The Bertz CT molecular complexity index is 1180. The number of likely N-dealkylation sites (tertiary alicyclic amines) is 1. The highest BCUT2D eigenvalue weighted by molar-refractivity contribution is 7.19. The molecule has 0 aliphatic carbocycles. The molecule has 35 heavy (non-hydrogen) atoms. The van der Waals surface area contributed by atoms with Gasteiger partial charge in [-0.3, -0.25) is 19.6 Å². The van der Waals surface area contributed by atoms with E-state index in [1.807, 2.05) is 29.5 Å². The van der Waals surface area contributed by atoms with Crippen molar-refractivity contribution in [3.63, 3.8) is 0 Å². The van der Waals surface area contributed by atoms with Gasteiger partial charge in [-0.05, 0) is 74.3 Å². The molecule has 3 fully saturated rings. The standard InChI is InChI=1S/C27H30N4O3S/c32-25-27(24-9-3-4-12-28-24,29-26(33)31(25)17-21-7-5-15-34-21)20-10-13-30(14-11-20)18-22-16-19-6-1-2-8-23(19)35-22/h1-4,6,8-9,12,16,20-21H,5,7,10-11,13-15,17-18H2,(H,29,33)/t21-,27+/m1/s1. The molecule has 3 aromatic rings. The Balaban J connectivity index is 1.21. The minimum Gasteiger partial charge on any atom is -0.376 e. The molecule has 0 saturated carbocycles. The monoisotopic (exact) mass is 490 g/mol. The van der Waals surface area contributed by atoms with Crippen LogP contribution in [0.25, 0.3) is 10.1 Å². The van der Waals surface area contributed by atoms with Crippen molar-refractivity contribution in [1.29, 1.82) is 0 Å². The minimum absolute atomic E-state index is 0.0120. The second kappa shape index (κ2) is 9.33. The molecule has 2 aromatic heterocycles. The number of urea groups is 1. The van der Waals surface area contributed by atoms with Gasteiger partial charge in [-0.15, -0.1) is 11.3 Å². The molecule has 0 bridgehead atoms. The van der Waals surface area contributed by atoms with Crippen LogP contribution in [0.15, 0.2) is 54.7 Å². The van der Waals surface area contributed by atoms with E-state index in [0.29, 0.717) is 18.8 Å². The largest absolute Gasteiger partial charge is 0.376 e. The Kier molecular flexibility index (Phi) is 6.04. The van der Waals surface area contributed by atoms with Gasteiger partial charge in [0, 0.05) is 28.9 Å². The molecule has 3 aliphatic heterocycles. The van der Waals surface area contributed by atoms with E-state index in [9.17, 15) is 9.59 Å². The van der Waals surface area contributed by atoms with Gasteiger partial charge in [0.1, 0.15) is 0 Å². The van der Waals surface area contributed by atoms with Crippen LogP contribution in [0.1, 0.15) is 36.3 Å². The molecule has 6 rings (SSSR count). The summed E-state index contributed by atoms with van der Waals surface area (Å²) < 4.78 is 7.04. The number of aromatic nitrogens is 1. The first kappa shape index (κ1) is 22.6. The van der Waals surface area contributed by atoms with E-state index in [2.05, 4.69) is 45.5 Å². The summed E-state index contributed by atoms with van der Waals surface area (Å²) in [5.74, 6) is -0.193. The van der Waals surface area contributed by atoms with Crippen molar-refractivity contribution < 1.29 is 14.3 Å². The number of hydrogen-bond donors (Lipinski definition) is 1. The van der Waals surface area contributed by atoms with E-state index in [1.54, 1.807) is 6.20 Å². The number of hydrogen-bond acceptors (Lipinski definition) is 6. The van der Waals surface area contributed by atoms with E-state index in [0.717, 1.165) is 45.3 Å². The zero-order valence-electron chi connectivity index (χ0n) is 19.7. The van der Waals surface area contributed by atoms with Crippen LogP contribution >= 0.6 is 11.3 Å². The van der Waals surface area contributed by atoms with Crippen LogP contribution < -0.4 is 5.32 Å². The van der Waals surface area contributed by atoms with Gasteiger partial charge in [-0.2, -0.15) is 0 Å². The Morgan fingerprint density at radius 2 is 1.91 bits per heavy atom. The van der Waals surface area contributed by atoms with Crippen LogP contribution in [0, 0.1) is 5.92 Å². The lowest BCUT2D eigenvalue weighted by Gasteiger charge is -2.40. The summed E-state index contributed by atoms with van der Waals surface area (Å²) in [7, 11) is 0. The number of rotatable bonds is 6. The quantitative estimate of drug-likeness (QED) is 0.526. The maximum absolute atomic E-state index is 13.9. The number of nitrogens with one attached hydrogen (secondary N) is 1. The second-order valence-corrected chi connectivity index (χ2v) is 11.0. The second-order valence-electron chi connectivity index (χ2n) is 9.80. The predicted octanol–water partition coefficient (Wildman–Crippen LogP) is 4.13. The van der Waals surface area contributed by atoms with Crippen molar-refractivity contribution in [1.82, 2.24) is 20.1 Å². The molecule has 3 amide bonds. The van der Waals surface area contributed by atoms with E-state index in [1.165, 1.54) is 19.9 Å². The summed E-state index contributed by atoms with van der Waals surface area (Å²) in [5.41, 5.74) is -0.475. The molecule has 3 aliphatic rings. The van der Waals surface area contributed by atoms with Gasteiger partial charge in [0.05, 0.1) is 18.3 Å². The summed E-state index contributed by atoms with van der Waals surface area (Å²) in [6, 6.07) is 16.1. The molecular formula is C27H30N4O3S. The Hall–Kier alpha value is -2.81. The van der Waals surface area contributed by atoms with Crippen LogP contribution in [0.4, 0.5) is 4.79 Å². The highest BCUT2D eigenvalue weighted by Gasteiger charge is 2.58. The van der Waals surface area contributed by atoms with Gasteiger partial charge in [0.2, 0.25) is 0 Å². The molecule has 5 heterocycles. The van der Waals surface area contributed by atoms with Crippen molar-refractivity contribution in [2.45, 2.75) is 43.9 Å². The molecule has 1 N–H and O–H groups in total. The van der Waals surface area contributed by atoms with Crippen LogP contribution in [0.3, 0.4) is 0 Å². The Labute approximate surface area is 209 Å². The third-order valence-electron chi connectivity index (χ3n) is 7.67. The minimum atomic E-state index is -1.11. The van der Waals surface area contributed by atoms with Gasteiger partial charge < -0.3 is 10.1 Å². The van der Waals surface area contributed by atoms with Crippen LogP contribution in [-0.2, 0) is 21.6 Å². The van der Waals surface area contributed by atoms with E-state index in [4.69, 9.17) is 4.74 Å². The molecule has 8 heteroatoms. The van der Waals surface area contributed by atoms with Gasteiger partial charge in [0.25, 0.3) is 5.91 Å². The van der Waals surface area contributed by atoms with Gasteiger partial charge >= 0.3 is 6.03 Å². The van der Waals surface area contributed by atoms with Gasteiger partial charge in [-0.25, -0.2) is 4.79 Å². The topological polar surface area (TPSA) is 74.8 Å². The highest BCUT2D eigenvalue weighted by Crippen LogP contribution is 2.41. The fraction of sp³-hybridized carbons (Fsp3) is 0.444. The number of amides is 3. The number of piperidine rings is 1. The van der Waals surface area contributed by atoms with Crippen LogP contribution in [0.2, 0.25) is 0 Å². The fourth-order valence-corrected chi connectivity index (χ4v) is 6.97. The zero-order chi connectivity index (χ0) is 23.8. The average molecular weight is 491 g/mol. The molecule has 0 spiro atoms. The summed E-state index contributed by atoms with van der Waals surface area (Å²) in [5, 5.41) is 4.41. The van der Waals surface area contributed by atoms with E-state index in [-0.39, 0.29) is 24.0 Å². The average Bonchev–Trinajstić information content (AvgIpc) is 3.60. The van der Waals surface area contributed by atoms with Crippen molar-refractivity contribution in [3.05, 3.63) is 65.3 Å². The maximum atomic E-state index is 13.9. The number of fused-ring (bicyclic) bond motifs is 1. The third-order valence-corrected chi connectivity index (χ3v) is 8.77. The number of imide groups is 1. The molecule has 0 radical (unpaired) electrons. The van der Waals surface area contributed by atoms with Crippen molar-refractivity contribution >= 4 is 33.4 Å². The van der Waals surface area contributed by atoms with Crippen molar-refractivity contribution in [2.75, 3.05) is 26.2 Å². The first-order valence-electron chi connectivity index (χ1n) is 12.5. The third kappa shape index (κ3) is 4.13. The molecule has 0 unspecified atom stereocenters. The SMILES string of the molecule is O=C1N[C@](c2ccccn2)(C2CCN(Cc3cc4ccccc4s3)CC2)C(=O)N1C[C@H]1CCCO1. The van der Waals surface area contributed by atoms with Crippen molar-refractivity contribution in [2.24, 2.45) is 5.92 Å².